The van der Waals surface area contributed by atoms with Crippen molar-refractivity contribution in [2.75, 3.05) is 13.2 Å². The summed E-state index contributed by atoms with van der Waals surface area (Å²) in [6.45, 7) is 6.19. The van der Waals surface area contributed by atoms with Gasteiger partial charge >= 0.3 is 0 Å². The lowest BCUT2D eigenvalue weighted by atomic mass is 9.84. The summed E-state index contributed by atoms with van der Waals surface area (Å²) in [6.07, 6.45) is 28.2. The van der Waals surface area contributed by atoms with Crippen LogP contribution in [0.25, 0.3) is 0 Å². The molecule has 41 heavy (non-hydrogen) atoms. The van der Waals surface area contributed by atoms with Gasteiger partial charge in [0.1, 0.15) is 0 Å². The summed E-state index contributed by atoms with van der Waals surface area (Å²) in [5.41, 5.74) is 9.07. The third kappa shape index (κ3) is 11.2. The second kappa shape index (κ2) is 18.4. The third-order valence-electron chi connectivity index (χ3n) is 9.63. The number of aryl methyl sites for hydroxylation is 2. The first-order chi connectivity index (χ1) is 20.2. The standard InChI is InChI=1S/C40H58O/c1-3-5-7-9-11-13-33-15-23-37(24-16-33)39-27-19-35(20-28-39)31-41-32-36-21-29-40(30-22-36)38-25-17-34(18-26-38)14-12-10-8-6-4-2/h15-19,21,23-26,39-40H,3-14,20,22,27-32H2,1-2H3. The van der Waals surface area contributed by atoms with E-state index in [0.717, 1.165) is 26.1 Å². The molecule has 1 nitrogen and oxygen atoms in total. The second-order valence-electron chi connectivity index (χ2n) is 13.0. The lowest BCUT2D eigenvalue weighted by molar-refractivity contribution is 0.172. The Balaban J connectivity index is 1.11. The van der Waals surface area contributed by atoms with E-state index in [9.17, 15) is 0 Å². The molecule has 0 aromatic heterocycles. The van der Waals surface area contributed by atoms with Gasteiger partial charge in [-0.3, -0.25) is 0 Å². The topological polar surface area (TPSA) is 9.23 Å². The summed E-state index contributed by atoms with van der Waals surface area (Å²) in [4.78, 5) is 0. The van der Waals surface area contributed by atoms with E-state index in [4.69, 9.17) is 4.74 Å². The normalized spacial score (nSPS) is 19.2. The number of rotatable bonds is 18. The van der Waals surface area contributed by atoms with Gasteiger partial charge in [0.2, 0.25) is 0 Å². The molecule has 0 fully saturated rings. The Morgan fingerprint density at radius 2 is 0.951 bits per heavy atom. The van der Waals surface area contributed by atoms with Gasteiger partial charge < -0.3 is 4.74 Å². The average Bonchev–Trinajstić information content (AvgIpc) is 3.02. The maximum atomic E-state index is 6.21. The van der Waals surface area contributed by atoms with Gasteiger partial charge in [0.05, 0.1) is 13.2 Å². The van der Waals surface area contributed by atoms with Crippen molar-refractivity contribution in [3.8, 4) is 0 Å². The molecule has 0 heterocycles. The van der Waals surface area contributed by atoms with Crippen LogP contribution in [-0.4, -0.2) is 13.2 Å². The zero-order valence-electron chi connectivity index (χ0n) is 26.5. The van der Waals surface area contributed by atoms with Gasteiger partial charge in [0.25, 0.3) is 0 Å². The molecule has 0 N–H and O–H groups in total. The Morgan fingerprint density at radius 3 is 1.32 bits per heavy atom. The highest BCUT2D eigenvalue weighted by molar-refractivity contribution is 5.29. The molecule has 0 radical (unpaired) electrons. The summed E-state index contributed by atoms with van der Waals surface area (Å²) in [5.74, 6) is 1.35. The Hall–Kier alpha value is -2.12. The number of unbranched alkanes of at least 4 members (excludes halogenated alkanes) is 8. The van der Waals surface area contributed by atoms with Gasteiger partial charge in [0, 0.05) is 0 Å². The van der Waals surface area contributed by atoms with Crippen molar-refractivity contribution in [3.63, 3.8) is 0 Å². The Kier molecular flexibility index (Phi) is 14.3. The summed E-state index contributed by atoms with van der Waals surface area (Å²) in [7, 11) is 0. The largest absolute Gasteiger partial charge is 0.373 e. The molecule has 2 aromatic carbocycles. The maximum Gasteiger partial charge on any atom is 0.0681 e. The lowest BCUT2D eigenvalue weighted by Gasteiger charge is -2.24. The van der Waals surface area contributed by atoms with Crippen molar-refractivity contribution < 1.29 is 4.74 Å². The fraction of sp³-hybridized carbons (Fsp3) is 0.600. The highest BCUT2D eigenvalue weighted by atomic mass is 16.5. The van der Waals surface area contributed by atoms with E-state index in [1.807, 2.05) is 0 Å². The molecule has 0 spiro atoms. The summed E-state index contributed by atoms with van der Waals surface area (Å²) >= 11 is 0. The van der Waals surface area contributed by atoms with E-state index in [2.05, 4.69) is 74.5 Å². The maximum absolute atomic E-state index is 6.21. The minimum absolute atomic E-state index is 0.676. The molecule has 2 aromatic rings. The number of hydrogen-bond acceptors (Lipinski definition) is 1. The summed E-state index contributed by atoms with van der Waals surface area (Å²) < 4.78 is 6.21. The molecule has 2 unspecified atom stereocenters. The zero-order chi connectivity index (χ0) is 28.5. The molecule has 0 amide bonds. The van der Waals surface area contributed by atoms with Crippen molar-refractivity contribution in [1.29, 1.82) is 0 Å². The molecule has 0 saturated carbocycles. The Bertz CT molecular complexity index is 956. The van der Waals surface area contributed by atoms with Gasteiger partial charge in [-0.1, -0.05) is 126 Å². The van der Waals surface area contributed by atoms with Gasteiger partial charge in [-0.05, 0) is 109 Å². The Labute approximate surface area is 252 Å². The molecular weight excluding hydrogens is 496 g/mol. The fourth-order valence-electron chi connectivity index (χ4n) is 6.74. The average molecular weight is 555 g/mol. The van der Waals surface area contributed by atoms with Gasteiger partial charge in [0.15, 0.2) is 0 Å². The molecular formula is C40H58O. The number of ether oxygens (including phenoxy) is 1. The van der Waals surface area contributed by atoms with Crippen molar-refractivity contribution in [2.24, 2.45) is 0 Å². The highest BCUT2D eigenvalue weighted by Crippen LogP contribution is 2.34. The zero-order valence-corrected chi connectivity index (χ0v) is 26.5. The van der Waals surface area contributed by atoms with E-state index >= 15 is 0 Å². The van der Waals surface area contributed by atoms with Crippen molar-refractivity contribution in [2.45, 2.75) is 141 Å². The first-order valence-electron chi connectivity index (χ1n) is 17.4. The van der Waals surface area contributed by atoms with Crippen LogP contribution < -0.4 is 0 Å². The first-order valence-corrected chi connectivity index (χ1v) is 17.4. The van der Waals surface area contributed by atoms with Crippen LogP contribution >= 0.6 is 0 Å². The van der Waals surface area contributed by atoms with E-state index in [0.29, 0.717) is 11.8 Å². The predicted molar refractivity (Wildman–Crippen MR) is 178 cm³/mol. The van der Waals surface area contributed by atoms with E-state index in [1.165, 1.54) is 136 Å². The Morgan fingerprint density at radius 1 is 0.537 bits per heavy atom. The van der Waals surface area contributed by atoms with Gasteiger partial charge in [-0.25, -0.2) is 0 Å². The van der Waals surface area contributed by atoms with Crippen LogP contribution in [0.3, 0.4) is 0 Å². The summed E-state index contributed by atoms with van der Waals surface area (Å²) in [5, 5.41) is 0. The monoisotopic (exact) mass is 554 g/mol. The quantitative estimate of drug-likeness (QED) is 0.131. The first kappa shape index (κ1) is 31.8. The molecule has 4 rings (SSSR count). The van der Waals surface area contributed by atoms with Crippen LogP contribution in [0.4, 0.5) is 0 Å². The van der Waals surface area contributed by atoms with E-state index < -0.39 is 0 Å². The molecule has 2 atom stereocenters. The molecule has 1 heteroatoms. The highest BCUT2D eigenvalue weighted by Gasteiger charge is 2.18. The number of benzene rings is 2. The van der Waals surface area contributed by atoms with Crippen LogP contribution in [0, 0.1) is 0 Å². The third-order valence-corrected chi connectivity index (χ3v) is 9.63. The fourth-order valence-corrected chi connectivity index (χ4v) is 6.74. The van der Waals surface area contributed by atoms with Crippen LogP contribution in [0.5, 0.6) is 0 Å². The van der Waals surface area contributed by atoms with Crippen molar-refractivity contribution in [3.05, 3.63) is 94.1 Å². The SMILES string of the molecule is CCCCCCCc1ccc(C2CC=C(COCC3=CCC(c4ccc(CCCCCCC)cc4)CC3)CC2)cc1. The summed E-state index contributed by atoms with van der Waals surface area (Å²) in [6, 6.07) is 19.1. The van der Waals surface area contributed by atoms with E-state index in [1.54, 1.807) is 0 Å². The molecule has 0 bridgehead atoms. The number of allylic oxidation sites excluding steroid dienone is 2. The number of hydrogen-bond donors (Lipinski definition) is 0. The molecule has 2 aliphatic rings. The van der Waals surface area contributed by atoms with Crippen LogP contribution in [-0.2, 0) is 17.6 Å². The minimum atomic E-state index is 0.676. The van der Waals surface area contributed by atoms with Crippen LogP contribution in [0.1, 0.15) is 151 Å². The van der Waals surface area contributed by atoms with Crippen molar-refractivity contribution >= 4 is 0 Å². The smallest absolute Gasteiger partial charge is 0.0681 e. The van der Waals surface area contributed by atoms with E-state index in [-0.39, 0.29) is 0 Å². The van der Waals surface area contributed by atoms with Gasteiger partial charge in [-0.2, -0.15) is 0 Å². The van der Waals surface area contributed by atoms with Crippen molar-refractivity contribution in [1.82, 2.24) is 0 Å². The predicted octanol–water partition coefficient (Wildman–Crippen LogP) is 11.8. The van der Waals surface area contributed by atoms with Crippen LogP contribution in [0.2, 0.25) is 0 Å². The molecule has 224 valence electrons. The minimum Gasteiger partial charge on any atom is -0.373 e. The second-order valence-corrected chi connectivity index (χ2v) is 13.0. The van der Waals surface area contributed by atoms with Gasteiger partial charge in [-0.15, -0.1) is 0 Å². The lowest BCUT2D eigenvalue weighted by Crippen LogP contribution is -2.11. The molecule has 2 aliphatic carbocycles. The van der Waals surface area contributed by atoms with Crippen LogP contribution in [0.15, 0.2) is 71.8 Å². The molecule has 0 aliphatic heterocycles. The molecule has 0 saturated heterocycles.